The van der Waals surface area contributed by atoms with Crippen LogP contribution in [0, 0.1) is 19.8 Å². The maximum atomic E-state index is 11.9. The molecule has 2 rings (SSSR count). The fraction of sp³-hybridized carbons (Fsp3) is 0.429. The van der Waals surface area contributed by atoms with Crippen molar-refractivity contribution in [2.75, 3.05) is 6.54 Å². The van der Waals surface area contributed by atoms with Crippen molar-refractivity contribution in [3.8, 4) is 0 Å². The van der Waals surface area contributed by atoms with E-state index in [4.69, 9.17) is 0 Å². The number of halogens is 1. The highest BCUT2D eigenvalue weighted by atomic mass is 79.9. The highest BCUT2D eigenvalue weighted by Crippen LogP contribution is 2.10. The molecule has 2 heterocycles. The molecule has 0 aromatic carbocycles. The lowest BCUT2D eigenvalue weighted by molar-refractivity contribution is 0.0942. The van der Waals surface area contributed by atoms with Gasteiger partial charge < -0.3 is 10.3 Å². The van der Waals surface area contributed by atoms with E-state index in [2.05, 4.69) is 44.3 Å². The molecular weight excluding hydrogens is 320 g/mol. The first-order valence-electron chi connectivity index (χ1n) is 6.59. The first-order valence-corrected chi connectivity index (χ1v) is 7.38. The van der Waals surface area contributed by atoms with Crippen LogP contribution >= 0.6 is 15.9 Å². The smallest absolute Gasteiger partial charge is 0.267 e. The SMILES string of the molecule is Cc1cc(C)n(CC(C)CNC(=O)c2cc(Br)c[nH]2)n1. The lowest BCUT2D eigenvalue weighted by atomic mass is 10.2. The Morgan fingerprint density at radius 1 is 1.50 bits per heavy atom. The second-order valence-corrected chi connectivity index (χ2v) is 6.07. The van der Waals surface area contributed by atoms with Crippen LogP contribution in [0.15, 0.2) is 22.8 Å². The number of amides is 1. The zero-order valence-corrected chi connectivity index (χ0v) is 13.5. The van der Waals surface area contributed by atoms with Crippen molar-refractivity contribution in [1.82, 2.24) is 20.1 Å². The molecular formula is C14H19BrN4O. The van der Waals surface area contributed by atoms with Gasteiger partial charge >= 0.3 is 0 Å². The number of aromatic nitrogens is 3. The molecule has 0 aliphatic heterocycles. The summed E-state index contributed by atoms with van der Waals surface area (Å²) in [7, 11) is 0. The largest absolute Gasteiger partial charge is 0.356 e. The van der Waals surface area contributed by atoms with Gasteiger partial charge in [-0.05, 0) is 47.8 Å². The summed E-state index contributed by atoms with van der Waals surface area (Å²) >= 11 is 3.31. The molecule has 2 aromatic rings. The summed E-state index contributed by atoms with van der Waals surface area (Å²) < 4.78 is 2.86. The quantitative estimate of drug-likeness (QED) is 0.880. The van der Waals surface area contributed by atoms with Crippen LogP contribution in [-0.2, 0) is 6.54 Å². The molecule has 0 saturated heterocycles. The minimum Gasteiger partial charge on any atom is -0.356 e. The summed E-state index contributed by atoms with van der Waals surface area (Å²) in [4.78, 5) is 14.8. The Hall–Kier alpha value is -1.56. The number of carbonyl (C=O) groups excluding carboxylic acids is 1. The second-order valence-electron chi connectivity index (χ2n) is 5.16. The van der Waals surface area contributed by atoms with Gasteiger partial charge in [-0.25, -0.2) is 0 Å². The van der Waals surface area contributed by atoms with Gasteiger partial charge in [-0.15, -0.1) is 0 Å². The van der Waals surface area contributed by atoms with Crippen LogP contribution in [0.3, 0.4) is 0 Å². The van der Waals surface area contributed by atoms with Crippen molar-refractivity contribution in [1.29, 1.82) is 0 Å². The lowest BCUT2D eigenvalue weighted by Gasteiger charge is -2.13. The third kappa shape index (κ3) is 3.72. The van der Waals surface area contributed by atoms with Crippen LogP contribution in [0.5, 0.6) is 0 Å². The van der Waals surface area contributed by atoms with Gasteiger partial charge in [0, 0.05) is 29.5 Å². The van der Waals surface area contributed by atoms with Gasteiger partial charge in [0.05, 0.1) is 5.69 Å². The van der Waals surface area contributed by atoms with E-state index < -0.39 is 0 Å². The molecule has 1 unspecified atom stereocenters. The van der Waals surface area contributed by atoms with Crippen molar-refractivity contribution in [3.05, 3.63) is 39.9 Å². The summed E-state index contributed by atoms with van der Waals surface area (Å²) in [5.74, 6) is 0.228. The first-order chi connectivity index (χ1) is 9.45. The summed E-state index contributed by atoms with van der Waals surface area (Å²) in [6.07, 6.45) is 1.74. The molecule has 20 heavy (non-hydrogen) atoms. The Kier molecular flexibility index (Phi) is 4.65. The van der Waals surface area contributed by atoms with Gasteiger partial charge in [-0.3, -0.25) is 9.48 Å². The number of hydrogen-bond acceptors (Lipinski definition) is 2. The Bertz CT molecular complexity index is 602. The Morgan fingerprint density at radius 2 is 2.25 bits per heavy atom. The van der Waals surface area contributed by atoms with E-state index >= 15 is 0 Å². The van der Waals surface area contributed by atoms with Crippen molar-refractivity contribution < 1.29 is 4.79 Å². The zero-order chi connectivity index (χ0) is 14.7. The van der Waals surface area contributed by atoms with E-state index in [0.717, 1.165) is 22.4 Å². The molecule has 6 heteroatoms. The number of carbonyl (C=O) groups is 1. The van der Waals surface area contributed by atoms with Crippen LogP contribution in [0.2, 0.25) is 0 Å². The normalized spacial score (nSPS) is 12.4. The summed E-state index contributed by atoms with van der Waals surface area (Å²) in [6.45, 7) is 7.55. The Labute approximate surface area is 126 Å². The molecule has 0 fully saturated rings. The van der Waals surface area contributed by atoms with Gasteiger partial charge in [0.25, 0.3) is 5.91 Å². The minimum absolute atomic E-state index is 0.0871. The first kappa shape index (κ1) is 14.8. The predicted molar refractivity (Wildman–Crippen MR) is 81.7 cm³/mol. The monoisotopic (exact) mass is 338 g/mol. The molecule has 2 N–H and O–H groups in total. The van der Waals surface area contributed by atoms with Crippen molar-refractivity contribution in [2.45, 2.75) is 27.3 Å². The van der Waals surface area contributed by atoms with Crippen LogP contribution in [0.1, 0.15) is 28.8 Å². The van der Waals surface area contributed by atoms with E-state index in [9.17, 15) is 4.79 Å². The van der Waals surface area contributed by atoms with E-state index in [1.165, 1.54) is 0 Å². The molecule has 0 saturated carbocycles. The average molecular weight is 339 g/mol. The number of aromatic amines is 1. The second kappa shape index (κ2) is 6.26. The number of aryl methyl sites for hydroxylation is 2. The van der Waals surface area contributed by atoms with E-state index in [-0.39, 0.29) is 5.91 Å². The maximum absolute atomic E-state index is 11.9. The Morgan fingerprint density at radius 3 is 2.80 bits per heavy atom. The van der Waals surface area contributed by atoms with Crippen LogP contribution in [-0.4, -0.2) is 27.2 Å². The number of rotatable bonds is 5. The van der Waals surface area contributed by atoms with Crippen molar-refractivity contribution in [3.63, 3.8) is 0 Å². The third-order valence-electron chi connectivity index (χ3n) is 3.09. The molecule has 5 nitrogen and oxygen atoms in total. The predicted octanol–water partition coefficient (Wildman–Crippen LogP) is 2.66. The van der Waals surface area contributed by atoms with Gasteiger partial charge in [-0.1, -0.05) is 6.92 Å². The van der Waals surface area contributed by atoms with Gasteiger partial charge in [0.15, 0.2) is 0 Å². The van der Waals surface area contributed by atoms with Gasteiger partial charge in [-0.2, -0.15) is 5.10 Å². The number of nitrogens with one attached hydrogen (secondary N) is 2. The topological polar surface area (TPSA) is 62.7 Å². The highest BCUT2D eigenvalue weighted by molar-refractivity contribution is 9.10. The van der Waals surface area contributed by atoms with Gasteiger partial charge in [0.2, 0.25) is 0 Å². The molecule has 2 aromatic heterocycles. The van der Waals surface area contributed by atoms with Crippen LogP contribution in [0.25, 0.3) is 0 Å². The molecule has 0 bridgehead atoms. The fourth-order valence-electron chi connectivity index (χ4n) is 2.08. The summed E-state index contributed by atoms with van der Waals surface area (Å²) in [5.41, 5.74) is 2.74. The molecule has 1 amide bonds. The summed E-state index contributed by atoms with van der Waals surface area (Å²) in [5, 5.41) is 7.36. The summed E-state index contributed by atoms with van der Waals surface area (Å²) in [6, 6.07) is 3.82. The van der Waals surface area contributed by atoms with E-state index in [1.54, 1.807) is 12.3 Å². The minimum atomic E-state index is -0.0871. The molecule has 1 atom stereocenters. The Balaban J connectivity index is 1.84. The van der Waals surface area contributed by atoms with Crippen molar-refractivity contribution >= 4 is 21.8 Å². The zero-order valence-electron chi connectivity index (χ0n) is 11.9. The number of H-pyrrole nitrogens is 1. The molecule has 0 spiro atoms. The fourth-order valence-corrected chi connectivity index (χ4v) is 2.42. The average Bonchev–Trinajstić information content (AvgIpc) is 2.93. The number of nitrogens with zero attached hydrogens (tertiary/aromatic N) is 2. The van der Waals surface area contributed by atoms with Crippen molar-refractivity contribution in [2.24, 2.45) is 5.92 Å². The number of hydrogen-bond donors (Lipinski definition) is 2. The molecule has 0 aliphatic rings. The van der Waals surface area contributed by atoms with E-state index in [0.29, 0.717) is 18.2 Å². The lowest BCUT2D eigenvalue weighted by Crippen LogP contribution is -2.30. The standard InChI is InChI=1S/C14H19BrN4O/c1-9(8-19-11(3)4-10(2)18-19)6-17-14(20)13-5-12(15)7-16-13/h4-5,7,9,16H,6,8H2,1-3H3,(H,17,20). The third-order valence-corrected chi connectivity index (χ3v) is 3.55. The van der Waals surface area contributed by atoms with Crippen LogP contribution in [0.4, 0.5) is 0 Å². The highest BCUT2D eigenvalue weighted by Gasteiger charge is 2.11. The molecule has 0 aliphatic carbocycles. The molecule has 0 radical (unpaired) electrons. The molecule has 108 valence electrons. The van der Waals surface area contributed by atoms with Gasteiger partial charge in [0.1, 0.15) is 5.69 Å². The maximum Gasteiger partial charge on any atom is 0.267 e. The van der Waals surface area contributed by atoms with Crippen LogP contribution < -0.4 is 5.32 Å². The van der Waals surface area contributed by atoms with E-state index in [1.807, 2.05) is 18.5 Å².